The Bertz CT molecular complexity index is 639. The van der Waals surface area contributed by atoms with Gasteiger partial charge < -0.3 is 5.32 Å². The van der Waals surface area contributed by atoms with E-state index in [0.29, 0.717) is 11.0 Å². The summed E-state index contributed by atoms with van der Waals surface area (Å²) in [5.41, 5.74) is 0.0103. The molecular formula is C14H15FN4OS. The Hall–Kier alpha value is -1.86. The molecule has 1 aliphatic heterocycles. The predicted octanol–water partition coefficient (Wildman–Crippen LogP) is 2.40. The third kappa shape index (κ3) is 3.25. The topological polar surface area (TPSA) is 66.9 Å². The first-order valence-corrected chi connectivity index (χ1v) is 7.65. The summed E-state index contributed by atoms with van der Waals surface area (Å²) >= 11 is 1.36. The zero-order chi connectivity index (χ0) is 14.7. The number of nitrogens with one attached hydrogen (secondary N) is 2. The average molecular weight is 306 g/mol. The SMILES string of the molecule is O=C(Nc1nnc(C2CCNCC2)s1)c1ccccc1F. The molecule has 1 saturated heterocycles. The van der Waals surface area contributed by atoms with E-state index in [9.17, 15) is 9.18 Å². The molecule has 3 rings (SSSR count). The molecule has 110 valence electrons. The lowest BCUT2D eigenvalue weighted by molar-refractivity contribution is 0.102. The van der Waals surface area contributed by atoms with E-state index in [1.54, 1.807) is 12.1 Å². The number of nitrogens with zero attached hydrogens (tertiary/aromatic N) is 2. The van der Waals surface area contributed by atoms with Crippen LogP contribution in [0.25, 0.3) is 0 Å². The Morgan fingerprint density at radius 3 is 2.81 bits per heavy atom. The van der Waals surface area contributed by atoms with Crippen molar-refractivity contribution in [3.8, 4) is 0 Å². The van der Waals surface area contributed by atoms with Crippen LogP contribution < -0.4 is 10.6 Å². The second-order valence-corrected chi connectivity index (χ2v) is 5.91. The first-order valence-electron chi connectivity index (χ1n) is 6.84. The molecule has 2 heterocycles. The molecule has 1 aromatic carbocycles. The van der Waals surface area contributed by atoms with E-state index < -0.39 is 11.7 Å². The highest BCUT2D eigenvalue weighted by Gasteiger charge is 2.20. The molecule has 0 spiro atoms. The number of rotatable bonds is 3. The summed E-state index contributed by atoms with van der Waals surface area (Å²) in [6.45, 7) is 1.95. The molecule has 0 unspecified atom stereocenters. The maximum atomic E-state index is 13.5. The van der Waals surface area contributed by atoms with E-state index in [4.69, 9.17) is 0 Å². The second-order valence-electron chi connectivity index (χ2n) is 4.90. The van der Waals surface area contributed by atoms with Gasteiger partial charge in [0, 0.05) is 5.92 Å². The van der Waals surface area contributed by atoms with Crippen LogP contribution in [-0.2, 0) is 0 Å². The fourth-order valence-corrected chi connectivity index (χ4v) is 3.24. The zero-order valence-corrected chi connectivity index (χ0v) is 12.1. The molecule has 7 heteroatoms. The summed E-state index contributed by atoms with van der Waals surface area (Å²) in [6.07, 6.45) is 2.05. The summed E-state index contributed by atoms with van der Waals surface area (Å²) in [5, 5.41) is 15.4. The number of hydrogen-bond acceptors (Lipinski definition) is 5. The molecule has 0 saturated carbocycles. The predicted molar refractivity (Wildman–Crippen MR) is 79.1 cm³/mol. The summed E-state index contributed by atoms with van der Waals surface area (Å²) in [5.74, 6) is -0.651. The number of carbonyl (C=O) groups excluding carboxylic acids is 1. The number of hydrogen-bond donors (Lipinski definition) is 2. The van der Waals surface area contributed by atoms with E-state index in [-0.39, 0.29) is 5.56 Å². The Morgan fingerprint density at radius 1 is 1.29 bits per heavy atom. The highest BCUT2D eigenvalue weighted by Crippen LogP contribution is 2.29. The van der Waals surface area contributed by atoms with Gasteiger partial charge in [-0.05, 0) is 38.1 Å². The van der Waals surface area contributed by atoms with Gasteiger partial charge in [-0.3, -0.25) is 10.1 Å². The van der Waals surface area contributed by atoms with E-state index >= 15 is 0 Å². The molecule has 0 aliphatic carbocycles. The van der Waals surface area contributed by atoms with Gasteiger partial charge in [-0.1, -0.05) is 23.5 Å². The van der Waals surface area contributed by atoms with Gasteiger partial charge in [-0.15, -0.1) is 10.2 Å². The molecule has 0 bridgehead atoms. The number of amides is 1. The van der Waals surface area contributed by atoms with Gasteiger partial charge in [0.25, 0.3) is 5.91 Å². The molecule has 1 aliphatic rings. The maximum absolute atomic E-state index is 13.5. The van der Waals surface area contributed by atoms with Crippen molar-refractivity contribution in [2.75, 3.05) is 18.4 Å². The molecule has 1 amide bonds. The van der Waals surface area contributed by atoms with Crippen molar-refractivity contribution >= 4 is 22.4 Å². The van der Waals surface area contributed by atoms with Gasteiger partial charge in [-0.25, -0.2) is 4.39 Å². The first-order chi connectivity index (χ1) is 10.2. The average Bonchev–Trinajstić information content (AvgIpc) is 2.97. The van der Waals surface area contributed by atoms with E-state index in [1.807, 2.05) is 0 Å². The van der Waals surface area contributed by atoms with Crippen LogP contribution in [-0.4, -0.2) is 29.2 Å². The highest BCUT2D eigenvalue weighted by atomic mass is 32.1. The van der Waals surface area contributed by atoms with Gasteiger partial charge in [0.2, 0.25) is 5.13 Å². The zero-order valence-electron chi connectivity index (χ0n) is 11.3. The lowest BCUT2D eigenvalue weighted by atomic mass is 9.99. The van der Waals surface area contributed by atoms with Crippen LogP contribution in [0.3, 0.4) is 0 Å². The summed E-state index contributed by atoms with van der Waals surface area (Å²) in [6, 6.07) is 5.87. The normalized spacial score (nSPS) is 15.9. The molecule has 5 nitrogen and oxygen atoms in total. The smallest absolute Gasteiger partial charge is 0.260 e. The monoisotopic (exact) mass is 306 g/mol. The summed E-state index contributed by atoms with van der Waals surface area (Å²) in [4.78, 5) is 12.0. The van der Waals surface area contributed by atoms with Gasteiger partial charge in [0.1, 0.15) is 10.8 Å². The van der Waals surface area contributed by atoms with Crippen molar-refractivity contribution in [3.63, 3.8) is 0 Å². The van der Waals surface area contributed by atoms with Crippen LogP contribution in [0.5, 0.6) is 0 Å². The molecule has 1 aromatic heterocycles. The standard InChI is InChI=1S/C14H15FN4OS/c15-11-4-2-1-3-10(11)12(20)17-14-19-18-13(21-14)9-5-7-16-8-6-9/h1-4,9,16H,5-8H2,(H,17,19,20). The van der Waals surface area contributed by atoms with Crippen molar-refractivity contribution in [2.45, 2.75) is 18.8 Å². The third-order valence-electron chi connectivity index (χ3n) is 3.47. The van der Waals surface area contributed by atoms with Crippen molar-refractivity contribution in [3.05, 3.63) is 40.7 Å². The Balaban J connectivity index is 1.69. The second kappa shape index (κ2) is 6.28. The molecule has 1 fully saturated rings. The fourth-order valence-electron chi connectivity index (χ4n) is 2.33. The number of anilines is 1. The van der Waals surface area contributed by atoms with Gasteiger partial charge in [-0.2, -0.15) is 0 Å². The minimum absolute atomic E-state index is 0.0103. The van der Waals surface area contributed by atoms with Crippen molar-refractivity contribution in [1.82, 2.24) is 15.5 Å². The minimum atomic E-state index is -0.543. The van der Waals surface area contributed by atoms with Gasteiger partial charge >= 0.3 is 0 Å². The van der Waals surface area contributed by atoms with Crippen LogP contribution in [0.4, 0.5) is 9.52 Å². The first kappa shape index (κ1) is 14.1. The lowest BCUT2D eigenvalue weighted by Crippen LogP contribution is -2.26. The van der Waals surface area contributed by atoms with Crippen molar-refractivity contribution < 1.29 is 9.18 Å². The molecule has 21 heavy (non-hydrogen) atoms. The van der Waals surface area contributed by atoms with Crippen LogP contribution >= 0.6 is 11.3 Å². The quantitative estimate of drug-likeness (QED) is 0.914. The van der Waals surface area contributed by atoms with Crippen molar-refractivity contribution in [1.29, 1.82) is 0 Å². The third-order valence-corrected chi connectivity index (χ3v) is 4.47. The highest BCUT2D eigenvalue weighted by molar-refractivity contribution is 7.15. The van der Waals surface area contributed by atoms with E-state index in [2.05, 4.69) is 20.8 Å². The number of aromatic nitrogens is 2. The largest absolute Gasteiger partial charge is 0.317 e. The molecule has 0 radical (unpaired) electrons. The van der Waals surface area contributed by atoms with Gasteiger partial charge in [0.15, 0.2) is 0 Å². The van der Waals surface area contributed by atoms with E-state index in [0.717, 1.165) is 30.9 Å². The summed E-state index contributed by atoms with van der Waals surface area (Å²) in [7, 11) is 0. The minimum Gasteiger partial charge on any atom is -0.317 e. The molecule has 2 N–H and O–H groups in total. The number of benzene rings is 1. The maximum Gasteiger partial charge on any atom is 0.260 e. The number of piperidine rings is 1. The van der Waals surface area contributed by atoms with Gasteiger partial charge in [0.05, 0.1) is 5.56 Å². The van der Waals surface area contributed by atoms with Crippen molar-refractivity contribution in [2.24, 2.45) is 0 Å². The van der Waals surface area contributed by atoms with Crippen LogP contribution in [0.2, 0.25) is 0 Å². The molecule has 0 atom stereocenters. The summed E-state index contributed by atoms with van der Waals surface area (Å²) < 4.78 is 13.5. The van der Waals surface area contributed by atoms with Crippen LogP contribution in [0, 0.1) is 5.82 Å². The fraction of sp³-hybridized carbons (Fsp3) is 0.357. The van der Waals surface area contributed by atoms with Crippen LogP contribution in [0.15, 0.2) is 24.3 Å². The number of halogens is 1. The molecular weight excluding hydrogens is 291 g/mol. The number of carbonyl (C=O) groups is 1. The Kier molecular flexibility index (Phi) is 4.21. The Labute approximate surface area is 125 Å². The van der Waals surface area contributed by atoms with E-state index in [1.165, 1.54) is 23.5 Å². The van der Waals surface area contributed by atoms with Crippen LogP contribution in [0.1, 0.15) is 34.1 Å². The Morgan fingerprint density at radius 2 is 2.05 bits per heavy atom. The lowest BCUT2D eigenvalue weighted by Gasteiger charge is -2.19. The molecule has 2 aromatic rings.